The molecular weight excluding hydrogens is 272 g/mol. The van der Waals surface area contributed by atoms with E-state index in [9.17, 15) is 0 Å². The van der Waals surface area contributed by atoms with Crippen LogP contribution in [0.3, 0.4) is 0 Å². The Hall–Kier alpha value is 0.0569. The largest absolute Gasteiger partial charge is 0.408 e. The molecule has 2 aliphatic heterocycles. The zero-order valence-corrected chi connectivity index (χ0v) is 15.1. The minimum absolute atomic E-state index is 0.0201. The van der Waals surface area contributed by atoms with Crippen molar-refractivity contribution < 1.29 is 18.6 Å². The second-order valence-corrected chi connectivity index (χ2v) is 12.5. The lowest BCUT2D eigenvalue weighted by Crippen LogP contribution is -2.56. The highest BCUT2D eigenvalue weighted by atomic mass is 28.4. The van der Waals surface area contributed by atoms with Crippen LogP contribution in [0.1, 0.15) is 34.6 Å². The van der Waals surface area contributed by atoms with Gasteiger partial charge in [-0.3, -0.25) is 0 Å². The van der Waals surface area contributed by atoms with Gasteiger partial charge in [-0.25, -0.2) is 0 Å². The third-order valence-corrected chi connectivity index (χ3v) is 9.87. The molecule has 2 rings (SSSR count). The fraction of sp³-hybridized carbons (Fsp3) is 1.00. The van der Waals surface area contributed by atoms with E-state index in [1.807, 2.05) is 6.92 Å². The first kappa shape index (κ1) is 16.4. The summed E-state index contributed by atoms with van der Waals surface area (Å²) in [5.41, 5.74) is -0.450. The maximum Gasteiger partial charge on any atom is 0.192 e. The zero-order chi connectivity index (χ0) is 15.3. The molecule has 1 unspecified atom stereocenters. The molecule has 2 aliphatic rings. The number of hydrogen-bond donors (Lipinski definition) is 0. The van der Waals surface area contributed by atoms with Crippen LogP contribution in [-0.4, -0.2) is 52.1 Å². The van der Waals surface area contributed by atoms with Gasteiger partial charge in [0.15, 0.2) is 8.32 Å². The highest BCUT2D eigenvalue weighted by Crippen LogP contribution is 2.48. The summed E-state index contributed by atoms with van der Waals surface area (Å²) in [6.45, 7) is 16.0. The quantitative estimate of drug-likeness (QED) is 0.748. The first-order chi connectivity index (χ1) is 9.05. The Bertz CT molecular complexity index is 365. The maximum absolute atomic E-state index is 6.66. The Morgan fingerprint density at radius 2 is 1.90 bits per heavy atom. The summed E-state index contributed by atoms with van der Waals surface area (Å²) in [6.07, 6.45) is 0.0402. The first-order valence-electron chi connectivity index (χ1n) is 7.55. The standard InChI is InChI=1S/C15H30O4Si/c1-10-12-13(19-20(7,8)14(3,4)5)15(18-10,9-17-12)11(2)16-6/h10-13H,9H2,1-8H3/t10-,11?,12-,13+,15+/m0/s1. The molecule has 0 aliphatic carbocycles. The van der Waals surface area contributed by atoms with E-state index in [-0.39, 0.29) is 29.5 Å². The van der Waals surface area contributed by atoms with Gasteiger partial charge in [0.1, 0.15) is 17.8 Å². The molecule has 0 amide bonds. The van der Waals surface area contributed by atoms with Crippen LogP contribution in [-0.2, 0) is 18.6 Å². The van der Waals surface area contributed by atoms with Crippen molar-refractivity contribution in [2.45, 2.75) is 82.8 Å². The summed E-state index contributed by atoms with van der Waals surface area (Å²) in [5, 5.41) is 0.176. The predicted molar refractivity (Wildman–Crippen MR) is 81.6 cm³/mol. The molecule has 2 saturated heterocycles. The van der Waals surface area contributed by atoms with Crippen molar-refractivity contribution in [3.05, 3.63) is 0 Å². The minimum atomic E-state index is -1.86. The van der Waals surface area contributed by atoms with Gasteiger partial charge in [0.2, 0.25) is 0 Å². The van der Waals surface area contributed by atoms with E-state index in [0.29, 0.717) is 6.61 Å². The molecule has 0 saturated carbocycles. The highest BCUT2D eigenvalue weighted by molar-refractivity contribution is 6.74. The Balaban J connectivity index is 2.26. The van der Waals surface area contributed by atoms with E-state index in [0.717, 1.165) is 0 Å². The van der Waals surface area contributed by atoms with Crippen molar-refractivity contribution >= 4 is 8.32 Å². The normalized spacial score (nSPS) is 39.3. The van der Waals surface area contributed by atoms with Crippen molar-refractivity contribution in [1.82, 2.24) is 0 Å². The average molecular weight is 302 g/mol. The highest BCUT2D eigenvalue weighted by Gasteiger charge is 2.65. The molecule has 20 heavy (non-hydrogen) atoms. The van der Waals surface area contributed by atoms with Crippen LogP contribution in [0, 0.1) is 0 Å². The van der Waals surface area contributed by atoms with Crippen LogP contribution in [0.4, 0.5) is 0 Å². The summed E-state index contributed by atoms with van der Waals surface area (Å²) in [5.74, 6) is 0. The van der Waals surface area contributed by atoms with Gasteiger partial charge in [-0.2, -0.15) is 0 Å². The number of ether oxygens (including phenoxy) is 3. The Morgan fingerprint density at radius 3 is 2.35 bits per heavy atom. The number of fused-ring (bicyclic) bond motifs is 2. The lowest BCUT2D eigenvalue weighted by atomic mass is 9.93. The van der Waals surface area contributed by atoms with Crippen molar-refractivity contribution in [3.63, 3.8) is 0 Å². The number of methoxy groups -OCH3 is 1. The lowest BCUT2D eigenvalue weighted by molar-refractivity contribution is -0.184. The molecule has 2 fully saturated rings. The maximum atomic E-state index is 6.66. The molecular formula is C15H30O4Si. The van der Waals surface area contributed by atoms with Gasteiger partial charge in [0.25, 0.3) is 0 Å². The van der Waals surface area contributed by atoms with Crippen LogP contribution in [0.5, 0.6) is 0 Å². The fourth-order valence-corrected chi connectivity index (χ4v) is 4.20. The second-order valence-electron chi connectivity index (χ2n) is 7.73. The molecule has 0 aromatic rings. The van der Waals surface area contributed by atoms with Crippen LogP contribution < -0.4 is 0 Å². The molecule has 0 aromatic heterocycles. The second kappa shape index (κ2) is 5.06. The number of hydrogen-bond acceptors (Lipinski definition) is 4. The lowest BCUT2D eigenvalue weighted by Gasteiger charge is -2.42. The molecule has 2 heterocycles. The Morgan fingerprint density at radius 1 is 1.30 bits per heavy atom. The SMILES string of the molecule is COC(C)[C@@]12CO[C@@H]([C@H](C)O1)[C@H]2O[Si](C)(C)C(C)(C)C. The van der Waals surface area contributed by atoms with Gasteiger partial charge in [-0.1, -0.05) is 20.8 Å². The van der Waals surface area contributed by atoms with Gasteiger partial charge in [-0.05, 0) is 32.0 Å². The Kier molecular flexibility index (Phi) is 4.15. The zero-order valence-electron chi connectivity index (χ0n) is 14.1. The third kappa shape index (κ3) is 2.37. The molecule has 5 heteroatoms. The van der Waals surface area contributed by atoms with Gasteiger partial charge >= 0.3 is 0 Å². The van der Waals surface area contributed by atoms with E-state index >= 15 is 0 Å². The van der Waals surface area contributed by atoms with E-state index in [1.54, 1.807) is 7.11 Å². The van der Waals surface area contributed by atoms with Crippen molar-refractivity contribution in [2.75, 3.05) is 13.7 Å². The molecule has 4 nitrogen and oxygen atoms in total. The van der Waals surface area contributed by atoms with Gasteiger partial charge in [-0.15, -0.1) is 0 Å². The van der Waals surface area contributed by atoms with Crippen LogP contribution in [0.25, 0.3) is 0 Å². The third-order valence-electron chi connectivity index (χ3n) is 5.42. The molecule has 0 N–H and O–H groups in total. The van der Waals surface area contributed by atoms with Crippen LogP contribution in [0.2, 0.25) is 18.1 Å². The topological polar surface area (TPSA) is 36.9 Å². The van der Waals surface area contributed by atoms with E-state index in [4.69, 9.17) is 18.6 Å². The minimum Gasteiger partial charge on any atom is -0.408 e. The molecule has 0 radical (unpaired) electrons. The molecule has 0 spiro atoms. The van der Waals surface area contributed by atoms with Gasteiger partial charge in [0, 0.05) is 7.11 Å². The number of rotatable bonds is 4. The van der Waals surface area contributed by atoms with Gasteiger partial charge < -0.3 is 18.6 Å². The van der Waals surface area contributed by atoms with Gasteiger partial charge in [0.05, 0.1) is 18.8 Å². The van der Waals surface area contributed by atoms with Crippen LogP contribution >= 0.6 is 0 Å². The summed E-state index contributed by atoms with van der Waals surface area (Å²) in [4.78, 5) is 0. The average Bonchev–Trinajstić information content (AvgIpc) is 2.78. The van der Waals surface area contributed by atoms with Crippen molar-refractivity contribution in [3.8, 4) is 0 Å². The molecule has 0 aromatic carbocycles. The predicted octanol–water partition coefficient (Wildman–Crippen LogP) is 2.97. The monoisotopic (exact) mass is 302 g/mol. The molecule has 5 atom stereocenters. The first-order valence-corrected chi connectivity index (χ1v) is 10.5. The van der Waals surface area contributed by atoms with Crippen LogP contribution in [0.15, 0.2) is 0 Å². The van der Waals surface area contributed by atoms with Crippen molar-refractivity contribution in [1.29, 1.82) is 0 Å². The summed E-state index contributed by atoms with van der Waals surface area (Å²) >= 11 is 0. The van der Waals surface area contributed by atoms with E-state index in [2.05, 4.69) is 40.8 Å². The van der Waals surface area contributed by atoms with Crippen molar-refractivity contribution in [2.24, 2.45) is 0 Å². The molecule has 118 valence electrons. The molecule has 2 bridgehead atoms. The van der Waals surface area contributed by atoms with E-state index in [1.165, 1.54) is 0 Å². The fourth-order valence-electron chi connectivity index (χ4n) is 2.87. The van der Waals surface area contributed by atoms with E-state index < -0.39 is 13.9 Å². The smallest absolute Gasteiger partial charge is 0.192 e. The summed E-state index contributed by atoms with van der Waals surface area (Å²) in [7, 11) is -0.140. The Labute approximate surface area is 124 Å². The summed E-state index contributed by atoms with van der Waals surface area (Å²) in [6, 6.07) is 0. The summed E-state index contributed by atoms with van der Waals surface area (Å²) < 4.78 is 24.4.